The van der Waals surface area contributed by atoms with E-state index in [2.05, 4.69) is 15.0 Å². The van der Waals surface area contributed by atoms with E-state index in [-0.39, 0.29) is 11.1 Å². The molecule has 0 aliphatic heterocycles. The third kappa shape index (κ3) is 3.38. The Kier molecular flexibility index (Phi) is 4.52. The maximum atomic E-state index is 12.7. The van der Waals surface area contributed by atoms with Gasteiger partial charge in [-0.15, -0.1) is 11.3 Å². The number of hydrogen-bond acceptors (Lipinski definition) is 6. The molecule has 5 rings (SSSR count). The maximum absolute atomic E-state index is 12.7. The number of benzene rings is 1. The molecule has 0 unspecified atom stereocenters. The number of thiophene rings is 1. The predicted octanol–water partition coefficient (Wildman–Crippen LogP) is 2.73. The molecule has 0 bridgehead atoms. The van der Waals surface area contributed by atoms with E-state index in [1.54, 1.807) is 17.4 Å². The Morgan fingerprint density at radius 1 is 1.00 bits per heavy atom. The van der Waals surface area contributed by atoms with E-state index < -0.39 is 0 Å². The molecule has 0 spiro atoms. The molecule has 0 fully saturated rings. The lowest BCUT2D eigenvalue weighted by Crippen LogP contribution is -2.24. The number of aromatic nitrogens is 4. The number of H-pyrrole nitrogens is 2. The van der Waals surface area contributed by atoms with Crippen molar-refractivity contribution in [2.75, 3.05) is 7.05 Å². The summed E-state index contributed by atoms with van der Waals surface area (Å²) >= 11 is 1.65. The Morgan fingerprint density at radius 3 is 2.59 bits per heavy atom. The molecule has 0 saturated heterocycles. The first-order valence-electron chi connectivity index (χ1n) is 9.78. The van der Waals surface area contributed by atoms with Gasteiger partial charge in [-0.1, -0.05) is 12.1 Å². The van der Waals surface area contributed by atoms with Gasteiger partial charge in [-0.2, -0.15) is 0 Å². The van der Waals surface area contributed by atoms with Gasteiger partial charge < -0.3 is 9.97 Å². The Bertz CT molecular complexity index is 1340. The molecule has 148 valence electrons. The number of nitrogens with one attached hydrogen (secondary N) is 2. The van der Waals surface area contributed by atoms with Crippen LogP contribution in [0.1, 0.15) is 34.9 Å². The minimum absolute atomic E-state index is 0.0463. The highest BCUT2D eigenvalue weighted by atomic mass is 32.1. The van der Waals surface area contributed by atoms with Gasteiger partial charge in [0.15, 0.2) is 0 Å². The van der Waals surface area contributed by atoms with Crippen LogP contribution in [0, 0.1) is 0 Å². The Labute approximate surface area is 170 Å². The Hall–Kier alpha value is -2.84. The number of aryl methyl sites for hydroxylation is 2. The highest BCUT2D eigenvalue weighted by molar-refractivity contribution is 7.18. The van der Waals surface area contributed by atoms with Crippen molar-refractivity contribution in [2.24, 2.45) is 0 Å². The van der Waals surface area contributed by atoms with Crippen LogP contribution in [0.3, 0.4) is 0 Å². The largest absolute Gasteiger partial charge is 0.309 e. The maximum Gasteiger partial charge on any atom is 0.259 e. The molecule has 0 amide bonds. The Balaban J connectivity index is 1.41. The van der Waals surface area contributed by atoms with Crippen molar-refractivity contribution in [1.29, 1.82) is 0 Å². The SMILES string of the molecule is CN(Cc1nc2ccccc2c(=O)[nH]1)Cc1nc2sc3c(c2c(=O)[nH]1)CCCC3. The molecule has 2 N–H and O–H groups in total. The lowest BCUT2D eigenvalue weighted by molar-refractivity contribution is 0.303. The molecule has 7 nitrogen and oxygen atoms in total. The average molecular weight is 407 g/mol. The van der Waals surface area contributed by atoms with Crippen molar-refractivity contribution < 1.29 is 0 Å². The fourth-order valence-corrected chi connectivity index (χ4v) is 5.34. The molecule has 1 aliphatic rings. The summed E-state index contributed by atoms with van der Waals surface area (Å²) in [6.45, 7) is 0.910. The second kappa shape index (κ2) is 7.20. The van der Waals surface area contributed by atoms with Crippen LogP contribution in [0.15, 0.2) is 33.9 Å². The van der Waals surface area contributed by atoms with Crippen LogP contribution in [0.2, 0.25) is 0 Å². The highest BCUT2D eigenvalue weighted by Gasteiger charge is 2.20. The van der Waals surface area contributed by atoms with Crippen molar-refractivity contribution in [3.05, 3.63) is 67.1 Å². The van der Waals surface area contributed by atoms with Gasteiger partial charge in [0.2, 0.25) is 0 Å². The van der Waals surface area contributed by atoms with Gasteiger partial charge in [0.1, 0.15) is 16.5 Å². The van der Waals surface area contributed by atoms with Gasteiger partial charge in [-0.25, -0.2) is 9.97 Å². The molecular formula is C21H21N5O2S. The normalized spacial score (nSPS) is 14.0. The molecule has 4 aromatic rings. The second-order valence-electron chi connectivity index (χ2n) is 7.61. The van der Waals surface area contributed by atoms with E-state index in [0.29, 0.717) is 35.6 Å². The van der Waals surface area contributed by atoms with Gasteiger partial charge in [0.25, 0.3) is 11.1 Å². The molecule has 8 heteroatoms. The van der Waals surface area contributed by atoms with Gasteiger partial charge in [-0.3, -0.25) is 14.5 Å². The molecule has 0 atom stereocenters. The monoisotopic (exact) mass is 407 g/mol. The summed E-state index contributed by atoms with van der Waals surface area (Å²) < 4.78 is 0. The lowest BCUT2D eigenvalue weighted by Gasteiger charge is -2.15. The van der Waals surface area contributed by atoms with E-state index in [9.17, 15) is 9.59 Å². The van der Waals surface area contributed by atoms with E-state index in [0.717, 1.165) is 29.5 Å². The van der Waals surface area contributed by atoms with Gasteiger partial charge in [0.05, 0.1) is 29.4 Å². The average Bonchev–Trinajstić information content (AvgIpc) is 3.06. The highest BCUT2D eigenvalue weighted by Crippen LogP contribution is 2.33. The molecule has 3 aromatic heterocycles. The van der Waals surface area contributed by atoms with Crippen molar-refractivity contribution in [1.82, 2.24) is 24.8 Å². The van der Waals surface area contributed by atoms with Gasteiger partial charge >= 0.3 is 0 Å². The number of hydrogen-bond donors (Lipinski definition) is 2. The van der Waals surface area contributed by atoms with Crippen LogP contribution in [0.4, 0.5) is 0 Å². The smallest absolute Gasteiger partial charge is 0.259 e. The van der Waals surface area contributed by atoms with Crippen molar-refractivity contribution in [2.45, 2.75) is 38.8 Å². The predicted molar refractivity (Wildman–Crippen MR) is 114 cm³/mol. The van der Waals surface area contributed by atoms with Crippen molar-refractivity contribution in [3.63, 3.8) is 0 Å². The number of fused-ring (bicyclic) bond motifs is 4. The summed E-state index contributed by atoms with van der Waals surface area (Å²) in [7, 11) is 1.92. The van der Waals surface area contributed by atoms with Crippen LogP contribution < -0.4 is 11.1 Å². The van der Waals surface area contributed by atoms with Crippen LogP contribution in [-0.2, 0) is 25.9 Å². The molecule has 1 aromatic carbocycles. The van der Waals surface area contributed by atoms with E-state index in [1.807, 2.05) is 30.1 Å². The summed E-state index contributed by atoms with van der Waals surface area (Å²) in [4.78, 5) is 44.1. The van der Waals surface area contributed by atoms with Gasteiger partial charge in [-0.05, 0) is 50.4 Å². The number of para-hydroxylation sites is 1. The van der Waals surface area contributed by atoms with Gasteiger partial charge in [0, 0.05) is 4.88 Å². The van der Waals surface area contributed by atoms with E-state index in [1.165, 1.54) is 16.9 Å². The summed E-state index contributed by atoms with van der Waals surface area (Å²) in [5, 5.41) is 1.36. The number of rotatable bonds is 4. The minimum Gasteiger partial charge on any atom is -0.309 e. The first kappa shape index (κ1) is 18.2. The third-order valence-electron chi connectivity index (χ3n) is 5.38. The Morgan fingerprint density at radius 2 is 1.72 bits per heavy atom. The zero-order valence-electron chi connectivity index (χ0n) is 16.1. The zero-order valence-corrected chi connectivity index (χ0v) is 16.9. The molecule has 0 saturated carbocycles. The summed E-state index contributed by atoms with van der Waals surface area (Å²) in [5.41, 5.74) is 1.69. The quantitative estimate of drug-likeness (QED) is 0.542. The topological polar surface area (TPSA) is 94.7 Å². The summed E-state index contributed by atoms with van der Waals surface area (Å²) in [5.74, 6) is 1.22. The van der Waals surface area contributed by atoms with Crippen LogP contribution in [0.5, 0.6) is 0 Å². The molecule has 3 heterocycles. The fraction of sp³-hybridized carbons (Fsp3) is 0.333. The first-order chi connectivity index (χ1) is 14.1. The van der Waals surface area contributed by atoms with Crippen molar-refractivity contribution in [3.8, 4) is 0 Å². The molecule has 1 aliphatic carbocycles. The van der Waals surface area contributed by atoms with Crippen LogP contribution in [0.25, 0.3) is 21.1 Å². The van der Waals surface area contributed by atoms with E-state index >= 15 is 0 Å². The van der Waals surface area contributed by atoms with Crippen LogP contribution in [-0.4, -0.2) is 31.9 Å². The lowest BCUT2D eigenvalue weighted by atomic mass is 9.97. The standard InChI is InChI=1S/C21H21N5O2S/c1-26(10-16-22-14-8-4-2-6-12(14)19(27)23-16)11-17-24-20(28)18-13-7-3-5-9-15(13)29-21(18)25-17/h2,4,6,8H,3,5,7,9-11H2,1H3,(H,22,23,27)(H,24,25,28). The minimum atomic E-state index is -0.142. The molecular weight excluding hydrogens is 386 g/mol. The van der Waals surface area contributed by atoms with Crippen molar-refractivity contribution >= 4 is 32.5 Å². The fourth-order valence-electron chi connectivity index (χ4n) is 4.06. The van der Waals surface area contributed by atoms with Crippen LogP contribution >= 0.6 is 11.3 Å². The summed E-state index contributed by atoms with van der Waals surface area (Å²) in [6.07, 6.45) is 4.34. The number of nitrogens with zero attached hydrogens (tertiary/aromatic N) is 3. The zero-order chi connectivity index (χ0) is 20.0. The second-order valence-corrected chi connectivity index (χ2v) is 8.69. The number of aromatic amines is 2. The first-order valence-corrected chi connectivity index (χ1v) is 10.6. The third-order valence-corrected chi connectivity index (χ3v) is 6.56. The molecule has 0 radical (unpaired) electrons. The molecule has 29 heavy (non-hydrogen) atoms. The van der Waals surface area contributed by atoms with E-state index in [4.69, 9.17) is 4.98 Å². The summed E-state index contributed by atoms with van der Waals surface area (Å²) in [6, 6.07) is 7.29.